The fourth-order valence-electron chi connectivity index (χ4n) is 3.58. The Hall–Kier alpha value is -2.49. The Kier molecular flexibility index (Phi) is 5.84. The molecule has 28 heavy (non-hydrogen) atoms. The largest absolute Gasteiger partial charge is 0.361 e. The summed E-state index contributed by atoms with van der Waals surface area (Å²) in [6.45, 7) is 0. The first-order valence-corrected chi connectivity index (χ1v) is 10.6. The van der Waals surface area contributed by atoms with Gasteiger partial charge in [-0.2, -0.15) is 0 Å². The number of aromatic amines is 1. The van der Waals surface area contributed by atoms with Crippen LogP contribution in [0.25, 0.3) is 10.9 Å². The summed E-state index contributed by atoms with van der Waals surface area (Å²) in [5, 5.41) is 4.62. The van der Waals surface area contributed by atoms with Gasteiger partial charge >= 0.3 is 0 Å². The van der Waals surface area contributed by atoms with Crippen LogP contribution in [0.15, 0.2) is 91.1 Å². The van der Waals surface area contributed by atoms with Crippen LogP contribution < -0.4 is 5.32 Å². The van der Waals surface area contributed by atoms with Gasteiger partial charge in [-0.15, -0.1) is 0 Å². The molecule has 0 saturated carbocycles. The minimum absolute atomic E-state index is 0.123. The van der Waals surface area contributed by atoms with Crippen LogP contribution in [-0.4, -0.2) is 20.6 Å². The van der Waals surface area contributed by atoms with Crippen molar-refractivity contribution in [1.29, 1.82) is 0 Å². The van der Waals surface area contributed by atoms with Gasteiger partial charge in [0.05, 0.1) is 11.8 Å². The third-order valence-corrected chi connectivity index (χ3v) is 5.88. The normalized spacial score (nSPS) is 12.7. The number of fused-ring (bicyclic) bond motifs is 1. The van der Waals surface area contributed by atoms with E-state index in [-0.39, 0.29) is 6.04 Å². The van der Waals surface area contributed by atoms with Gasteiger partial charge in [0.15, 0.2) is 8.38 Å². The average molecular weight is 390 g/mol. The van der Waals surface area contributed by atoms with Crippen LogP contribution in [0.2, 0.25) is 0 Å². The number of hydrogen-bond donors (Lipinski definition) is 4. The molecule has 0 saturated heterocycles. The van der Waals surface area contributed by atoms with Gasteiger partial charge in [-0.25, -0.2) is 0 Å². The fourth-order valence-corrected chi connectivity index (χ4v) is 4.23. The minimum atomic E-state index is -2.16. The van der Waals surface area contributed by atoms with Crippen LogP contribution in [0.4, 0.5) is 0 Å². The highest BCUT2D eigenvalue weighted by Gasteiger charge is 2.25. The topological polar surface area (TPSA) is 68.3 Å². The lowest BCUT2D eigenvalue weighted by molar-refractivity contribution is 0.432. The predicted octanol–water partition coefficient (Wildman–Crippen LogP) is 4.71. The molecule has 3 aromatic carbocycles. The van der Waals surface area contributed by atoms with Gasteiger partial charge < -0.3 is 14.8 Å². The summed E-state index contributed by atoms with van der Waals surface area (Å²) in [7, 11) is -2.16. The zero-order valence-electron chi connectivity index (χ0n) is 15.4. The summed E-state index contributed by atoms with van der Waals surface area (Å²) in [6.07, 6.45) is 2.48. The second-order valence-corrected chi connectivity index (χ2v) is 8.08. The van der Waals surface area contributed by atoms with Crippen molar-refractivity contribution in [2.24, 2.45) is 0 Å². The molecule has 142 valence electrons. The maximum atomic E-state index is 10.2. The first-order valence-electron chi connectivity index (χ1n) is 9.30. The molecular formula is C23H23N2O2P. The molecule has 0 aliphatic heterocycles. The quantitative estimate of drug-likeness (QED) is 0.346. The van der Waals surface area contributed by atoms with E-state index in [1.807, 2.05) is 60.8 Å². The Morgan fingerprint density at radius 1 is 0.786 bits per heavy atom. The van der Waals surface area contributed by atoms with Gasteiger partial charge in [-0.1, -0.05) is 78.9 Å². The summed E-state index contributed by atoms with van der Waals surface area (Å²) in [5.41, 5.74) is 4.31. The number of rotatable bonds is 7. The fraction of sp³-hybridized carbons (Fsp3) is 0.130. The van der Waals surface area contributed by atoms with E-state index in [1.165, 1.54) is 0 Å². The number of para-hydroxylation sites is 1. The summed E-state index contributed by atoms with van der Waals surface area (Å²) in [4.78, 5) is 23.6. The Bertz CT molecular complexity index is 979. The van der Waals surface area contributed by atoms with Crippen molar-refractivity contribution in [2.45, 2.75) is 18.2 Å². The standard InChI is InChI=1S/C23H23N2O2P/c26-28(27)22(15-19-16-24-21-14-8-7-13-20(19)21)25-23(17-9-3-1-4-10-17)18-11-5-2-6-12-18/h1-14,16,22-27H,15H2. The van der Waals surface area contributed by atoms with Gasteiger partial charge in [0.2, 0.25) is 0 Å². The van der Waals surface area contributed by atoms with Crippen LogP contribution in [0.5, 0.6) is 0 Å². The monoisotopic (exact) mass is 390 g/mol. The van der Waals surface area contributed by atoms with E-state index >= 15 is 0 Å². The molecule has 4 aromatic rings. The Labute approximate surface area is 165 Å². The maximum absolute atomic E-state index is 10.2. The molecule has 1 aromatic heterocycles. The van der Waals surface area contributed by atoms with Crippen LogP contribution >= 0.6 is 8.38 Å². The van der Waals surface area contributed by atoms with E-state index in [2.05, 4.69) is 40.6 Å². The highest BCUT2D eigenvalue weighted by molar-refractivity contribution is 7.45. The lowest BCUT2D eigenvalue weighted by atomic mass is 9.98. The van der Waals surface area contributed by atoms with Crippen LogP contribution in [0.1, 0.15) is 22.7 Å². The third-order valence-electron chi connectivity index (χ3n) is 4.99. The van der Waals surface area contributed by atoms with Crippen molar-refractivity contribution in [2.75, 3.05) is 0 Å². The number of benzene rings is 3. The van der Waals surface area contributed by atoms with E-state index in [0.29, 0.717) is 6.42 Å². The number of hydrogen-bond acceptors (Lipinski definition) is 3. The molecule has 1 unspecified atom stereocenters. The average Bonchev–Trinajstić information content (AvgIpc) is 3.15. The van der Waals surface area contributed by atoms with Gasteiger partial charge in [0.1, 0.15) is 0 Å². The van der Waals surface area contributed by atoms with Crippen molar-refractivity contribution in [3.8, 4) is 0 Å². The second-order valence-electron chi connectivity index (χ2n) is 6.82. The molecule has 0 radical (unpaired) electrons. The molecular weight excluding hydrogens is 367 g/mol. The number of aromatic nitrogens is 1. The minimum Gasteiger partial charge on any atom is -0.361 e. The van der Waals surface area contributed by atoms with Crippen molar-refractivity contribution in [1.82, 2.24) is 10.3 Å². The van der Waals surface area contributed by atoms with Gasteiger partial charge in [0.25, 0.3) is 0 Å². The Morgan fingerprint density at radius 3 is 1.96 bits per heavy atom. The summed E-state index contributed by atoms with van der Waals surface area (Å²) in [6, 6.07) is 28.2. The predicted molar refractivity (Wildman–Crippen MR) is 115 cm³/mol. The number of nitrogens with one attached hydrogen (secondary N) is 2. The van der Waals surface area contributed by atoms with E-state index in [9.17, 15) is 9.79 Å². The molecule has 4 nitrogen and oxygen atoms in total. The Morgan fingerprint density at radius 2 is 1.36 bits per heavy atom. The maximum Gasteiger partial charge on any atom is 0.183 e. The number of H-pyrrole nitrogens is 1. The van der Waals surface area contributed by atoms with Crippen LogP contribution in [0, 0.1) is 0 Å². The van der Waals surface area contributed by atoms with Crippen molar-refractivity contribution >= 4 is 19.3 Å². The smallest absolute Gasteiger partial charge is 0.183 e. The van der Waals surface area contributed by atoms with Crippen LogP contribution in [-0.2, 0) is 6.42 Å². The first-order chi connectivity index (χ1) is 13.7. The van der Waals surface area contributed by atoms with E-state index in [0.717, 1.165) is 27.6 Å². The van der Waals surface area contributed by atoms with Crippen molar-refractivity contribution in [3.05, 3.63) is 108 Å². The third kappa shape index (κ3) is 4.16. The first kappa shape index (κ1) is 18.9. The molecule has 0 bridgehead atoms. The lowest BCUT2D eigenvalue weighted by Crippen LogP contribution is -2.34. The molecule has 0 spiro atoms. The molecule has 0 aliphatic rings. The summed E-state index contributed by atoms with van der Waals surface area (Å²) in [5.74, 6) is -0.459. The van der Waals surface area contributed by atoms with Crippen molar-refractivity contribution in [3.63, 3.8) is 0 Å². The summed E-state index contributed by atoms with van der Waals surface area (Å²) >= 11 is 0. The molecule has 4 N–H and O–H groups in total. The van der Waals surface area contributed by atoms with E-state index < -0.39 is 14.2 Å². The van der Waals surface area contributed by atoms with Gasteiger partial charge in [0, 0.05) is 17.1 Å². The molecule has 4 rings (SSSR count). The van der Waals surface area contributed by atoms with E-state index in [1.54, 1.807) is 0 Å². The van der Waals surface area contributed by atoms with Gasteiger partial charge in [-0.3, -0.25) is 5.32 Å². The molecule has 0 aliphatic carbocycles. The highest BCUT2D eigenvalue weighted by atomic mass is 31.2. The second kappa shape index (κ2) is 8.68. The molecule has 5 heteroatoms. The highest BCUT2D eigenvalue weighted by Crippen LogP contribution is 2.36. The SMILES string of the molecule is OP(O)C(Cc1c[nH]c2ccccc12)NC(c1ccccc1)c1ccccc1. The lowest BCUT2D eigenvalue weighted by Gasteiger charge is -2.27. The molecule has 0 fully saturated rings. The van der Waals surface area contributed by atoms with E-state index in [4.69, 9.17) is 0 Å². The van der Waals surface area contributed by atoms with Gasteiger partial charge in [-0.05, 0) is 29.2 Å². The molecule has 1 heterocycles. The summed E-state index contributed by atoms with van der Waals surface area (Å²) < 4.78 is 0. The molecule has 1 atom stereocenters. The van der Waals surface area contributed by atoms with Crippen LogP contribution in [0.3, 0.4) is 0 Å². The zero-order chi connectivity index (χ0) is 19.3. The Balaban J connectivity index is 1.64. The van der Waals surface area contributed by atoms with Crippen molar-refractivity contribution < 1.29 is 9.79 Å². The zero-order valence-corrected chi connectivity index (χ0v) is 16.3. The molecule has 0 amide bonds.